The monoisotopic (exact) mass is 264 g/mol. The molecule has 1 aromatic carbocycles. The molecule has 0 heterocycles. The Balaban J connectivity index is 2.90. The first-order valence-corrected chi connectivity index (χ1v) is 5.16. The lowest BCUT2D eigenvalue weighted by Gasteiger charge is -2.10. The number of alkyl halides is 3. The molecule has 0 bridgehead atoms. The van der Waals surface area contributed by atoms with E-state index in [2.05, 4.69) is 10.6 Å². The second-order valence-corrected chi connectivity index (χ2v) is 3.55. The molecule has 0 fully saturated rings. The summed E-state index contributed by atoms with van der Waals surface area (Å²) in [6.07, 6.45) is -4.60. The molecule has 0 atom stereocenters. The van der Waals surface area contributed by atoms with Crippen molar-refractivity contribution in [3.05, 3.63) is 35.1 Å². The van der Waals surface area contributed by atoms with Crippen molar-refractivity contribution in [2.24, 2.45) is 0 Å². The summed E-state index contributed by atoms with van der Waals surface area (Å²) in [4.78, 5) is 11.5. The maximum atomic E-state index is 13.3. The minimum atomic E-state index is -4.60. The third-order valence-electron chi connectivity index (χ3n) is 2.20. The van der Waals surface area contributed by atoms with Crippen LogP contribution >= 0.6 is 0 Å². The number of carbonyl (C=O) groups excluding carboxylic acids is 1. The molecule has 1 amide bonds. The van der Waals surface area contributed by atoms with E-state index in [0.29, 0.717) is 24.7 Å². The fraction of sp³-hybridized carbons (Fsp3) is 0.364. The van der Waals surface area contributed by atoms with Crippen molar-refractivity contribution in [2.45, 2.75) is 6.18 Å². The SMILES string of the molecule is CNCCNC(=O)c1cc(C(F)(F)F)ccc1F. The van der Waals surface area contributed by atoms with E-state index in [-0.39, 0.29) is 6.54 Å². The Morgan fingerprint density at radius 3 is 2.50 bits per heavy atom. The van der Waals surface area contributed by atoms with Crippen LogP contribution < -0.4 is 10.6 Å². The first-order valence-electron chi connectivity index (χ1n) is 5.16. The summed E-state index contributed by atoms with van der Waals surface area (Å²) in [6, 6.07) is 1.74. The third-order valence-corrected chi connectivity index (χ3v) is 2.20. The maximum Gasteiger partial charge on any atom is 0.416 e. The van der Waals surface area contributed by atoms with Gasteiger partial charge in [0.05, 0.1) is 11.1 Å². The van der Waals surface area contributed by atoms with Gasteiger partial charge in [0.2, 0.25) is 0 Å². The van der Waals surface area contributed by atoms with Gasteiger partial charge in [-0.25, -0.2) is 4.39 Å². The van der Waals surface area contributed by atoms with Crippen molar-refractivity contribution in [2.75, 3.05) is 20.1 Å². The Labute approximate surface area is 101 Å². The average molecular weight is 264 g/mol. The van der Waals surface area contributed by atoms with Gasteiger partial charge in [-0.15, -0.1) is 0 Å². The van der Waals surface area contributed by atoms with Crippen LogP contribution in [0.1, 0.15) is 15.9 Å². The lowest BCUT2D eigenvalue weighted by molar-refractivity contribution is -0.137. The van der Waals surface area contributed by atoms with Crippen molar-refractivity contribution in [3.63, 3.8) is 0 Å². The number of carbonyl (C=O) groups is 1. The number of benzene rings is 1. The molecule has 0 aliphatic rings. The molecule has 1 rings (SSSR count). The van der Waals surface area contributed by atoms with Crippen LogP contribution in [0.25, 0.3) is 0 Å². The van der Waals surface area contributed by atoms with Gasteiger partial charge in [-0.2, -0.15) is 13.2 Å². The summed E-state index contributed by atoms with van der Waals surface area (Å²) in [5.41, 5.74) is -1.66. The molecule has 18 heavy (non-hydrogen) atoms. The molecule has 0 unspecified atom stereocenters. The van der Waals surface area contributed by atoms with Gasteiger partial charge in [0, 0.05) is 13.1 Å². The van der Waals surface area contributed by atoms with Crippen LogP contribution in [0.3, 0.4) is 0 Å². The molecule has 0 saturated carbocycles. The molecule has 0 radical (unpaired) electrons. The van der Waals surface area contributed by atoms with Crippen LogP contribution in [-0.4, -0.2) is 26.0 Å². The topological polar surface area (TPSA) is 41.1 Å². The minimum absolute atomic E-state index is 0.199. The highest BCUT2D eigenvalue weighted by Gasteiger charge is 2.31. The molecule has 7 heteroatoms. The van der Waals surface area contributed by atoms with E-state index < -0.39 is 29.0 Å². The van der Waals surface area contributed by atoms with Crippen LogP contribution in [0.2, 0.25) is 0 Å². The summed E-state index contributed by atoms with van der Waals surface area (Å²) in [6.45, 7) is 0.636. The molecule has 3 nitrogen and oxygen atoms in total. The Morgan fingerprint density at radius 2 is 1.94 bits per heavy atom. The molecular weight excluding hydrogens is 252 g/mol. The summed E-state index contributed by atoms with van der Waals surface area (Å²) in [7, 11) is 1.65. The Morgan fingerprint density at radius 1 is 1.28 bits per heavy atom. The highest BCUT2D eigenvalue weighted by atomic mass is 19.4. The third kappa shape index (κ3) is 3.69. The van der Waals surface area contributed by atoms with E-state index in [0.717, 1.165) is 0 Å². The minimum Gasteiger partial charge on any atom is -0.351 e. The Kier molecular flexibility index (Phi) is 4.66. The van der Waals surface area contributed by atoms with Crippen molar-refractivity contribution in [1.29, 1.82) is 0 Å². The zero-order valence-electron chi connectivity index (χ0n) is 9.57. The molecule has 0 aromatic heterocycles. The van der Waals surface area contributed by atoms with Crippen molar-refractivity contribution < 1.29 is 22.4 Å². The first kappa shape index (κ1) is 14.4. The largest absolute Gasteiger partial charge is 0.416 e. The fourth-order valence-electron chi connectivity index (χ4n) is 1.27. The lowest BCUT2D eigenvalue weighted by atomic mass is 10.1. The van der Waals surface area contributed by atoms with Gasteiger partial charge in [-0.05, 0) is 25.2 Å². The van der Waals surface area contributed by atoms with Crippen LogP contribution in [0.5, 0.6) is 0 Å². The van der Waals surface area contributed by atoms with Crippen LogP contribution in [0, 0.1) is 5.82 Å². The van der Waals surface area contributed by atoms with E-state index in [1.807, 2.05) is 0 Å². The zero-order valence-corrected chi connectivity index (χ0v) is 9.57. The fourth-order valence-corrected chi connectivity index (χ4v) is 1.27. The van der Waals surface area contributed by atoms with Crippen LogP contribution in [-0.2, 0) is 6.18 Å². The number of hydrogen-bond acceptors (Lipinski definition) is 2. The lowest BCUT2D eigenvalue weighted by Crippen LogP contribution is -2.31. The van der Waals surface area contributed by atoms with Crippen molar-refractivity contribution in [3.8, 4) is 0 Å². The highest BCUT2D eigenvalue weighted by molar-refractivity contribution is 5.94. The molecule has 0 saturated heterocycles. The summed E-state index contributed by atoms with van der Waals surface area (Å²) in [5, 5.41) is 5.05. The number of nitrogens with one attached hydrogen (secondary N) is 2. The van der Waals surface area contributed by atoms with E-state index >= 15 is 0 Å². The summed E-state index contributed by atoms with van der Waals surface area (Å²) < 4.78 is 50.5. The smallest absolute Gasteiger partial charge is 0.351 e. The number of rotatable bonds is 4. The zero-order chi connectivity index (χ0) is 13.8. The van der Waals surface area contributed by atoms with Gasteiger partial charge >= 0.3 is 6.18 Å². The van der Waals surface area contributed by atoms with E-state index in [9.17, 15) is 22.4 Å². The molecule has 0 aliphatic heterocycles. The normalized spacial score (nSPS) is 11.4. The number of likely N-dealkylation sites (N-methyl/N-ethyl adjacent to an activating group) is 1. The van der Waals surface area contributed by atoms with Crippen LogP contribution in [0.15, 0.2) is 18.2 Å². The highest BCUT2D eigenvalue weighted by Crippen LogP contribution is 2.30. The van der Waals surface area contributed by atoms with Gasteiger partial charge in [-0.1, -0.05) is 0 Å². The number of hydrogen-bond donors (Lipinski definition) is 2. The van der Waals surface area contributed by atoms with E-state index in [1.54, 1.807) is 7.05 Å². The maximum absolute atomic E-state index is 13.3. The summed E-state index contributed by atoms with van der Waals surface area (Å²) in [5.74, 6) is -1.85. The second-order valence-electron chi connectivity index (χ2n) is 3.55. The molecule has 100 valence electrons. The van der Waals surface area contributed by atoms with E-state index in [1.165, 1.54) is 0 Å². The standard InChI is InChI=1S/C11H12F4N2O/c1-16-4-5-17-10(18)8-6-7(11(13,14)15)2-3-9(8)12/h2-3,6,16H,4-5H2,1H3,(H,17,18). The van der Waals surface area contributed by atoms with Crippen molar-refractivity contribution in [1.82, 2.24) is 10.6 Å². The second kappa shape index (κ2) is 5.81. The molecular formula is C11H12F4N2O. The first-order chi connectivity index (χ1) is 8.36. The predicted molar refractivity (Wildman–Crippen MR) is 57.7 cm³/mol. The van der Waals surface area contributed by atoms with Gasteiger partial charge in [0.1, 0.15) is 5.82 Å². The predicted octanol–water partition coefficient (Wildman–Crippen LogP) is 1.79. The Bertz CT molecular complexity index is 432. The van der Waals surface area contributed by atoms with Gasteiger partial charge in [0.15, 0.2) is 0 Å². The quantitative estimate of drug-likeness (QED) is 0.643. The van der Waals surface area contributed by atoms with E-state index in [4.69, 9.17) is 0 Å². The molecule has 0 spiro atoms. The van der Waals surface area contributed by atoms with Crippen molar-refractivity contribution >= 4 is 5.91 Å². The summed E-state index contributed by atoms with van der Waals surface area (Å²) >= 11 is 0. The molecule has 2 N–H and O–H groups in total. The van der Waals surface area contributed by atoms with Crippen LogP contribution in [0.4, 0.5) is 17.6 Å². The molecule has 1 aromatic rings. The number of halogens is 4. The van der Waals surface area contributed by atoms with Gasteiger partial charge in [0.25, 0.3) is 5.91 Å². The number of amides is 1. The average Bonchev–Trinajstić information content (AvgIpc) is 2.28. The van der Waals surface area contributed by atoms with Gasteiger partial charge < -0.3 is 10.6 Å². The van der Waals surface area contributed by atoms with Gasteiger partial charge in [-0.3, -0.25) is 4.79 Å². The Hall–Kier alpha value is -1.63. The molecule has 0 aliphatic carbocycles.